The van der Waals surface area contributed by atoms with Crippen LogP contribution in [-0.2, 0) is 11.8 Å². The van der Waals surface area contributed by atoms with Crippen LogP contribution in [0.25, 0.3) is 22.0 Å². The number of aryl methyl sites for hydroxylation is 1. The lowest BCUT2D eigenvalue weighted by Crippen LogP contribution is -2.38. The fraction of sp³-hybridized carbons (Fsp3) is 0.318. The molecule has 0 unspecified atom stereocenters. The van der Waals surface area contributed by atoms with Crippen molar-refractivity contribution in [2.75, 3.05) is 19.7 Å². The van der Waals surface area contributed by atoms with Crippen molar-refractivity contribution in [3.63, 3.8) is 0 Å². The molecule has 3 aromatic rings. The maximum Gasteiger partial charge on any atom is 0.274 e. The molecule has 0 aliphatic carbocycles. The number of carbonyl (C=O) groups excluding carboxylic acids is 1. The maximum absolute atomic E-state index is 12.3. The van der Waals surface area contributed by atoms with Gasteiger partial charge in [-0.2, -0.15) is 5.10 Å². The number of rotatable bonds is 4. The van der Waals surface area contributed by atoms with Gasteiger partial charge in [-0.15, -0.1) is 0 Å². The third-order valence-corrected chi connectivity index (χ3v) is 5.16. The van der Waals surface area contributed by atoms with Crippen molar-refractivity contribution in [2.45, 2.75) is 19.3 Å². The first-order chi connectivity index (χ1) is 13.6. The van der Waals surface area contributed by atoms with E-state index in [9.17, 15) is 9.59 Å². The minimum atomic E-state index is -0.115. The van der Waals surface area contributed by atoms with Crippen molar-refractivity contribution in [1.82, 2.24) is 14.7 Å². The van der Waals surface area contributed by atoms with Gasteiger partial charge in [-0.25, -0.2) is 4.68 Å². The molecule has 1 amide bonds. The van der Waals surface area contributed by atoms with Gasteiger partial charge in [-0.3, -0.25) is 9.59 Å². The molecule has 0 atom stereocenters. The first kappa shape index (κ1) is 18.2. The van der Waals surface area contributed by atoms with E-state index in [-0.39, 0.29) is 18.1 Å². The zero-order valence-corrected chi connectivity index (χ0v) is 15.9. The Morgan fingerprint density at radius 3 is 2.39 bits per heavy atom. The van der Waals surface area contributed by atoms with Gasteiger partial charge in [0.05, 0.1) is 11.1 Å². The minimum Gasteiger partial charge on any atom is -0.484 e. The molecule has 0 N–H and O–H groups in total. The Kier molecular flexibility index (Phi) is 5.10. The van der Waals surface area contributed by atoms with E-state index >= 15 is 0 Å². The third kappa shape index (κ3) is 3.63. The number of hydrogen-bond donors (Lipinski definition) is 0. The van der Waals surface area contributed by atoms with E-state index in [2.05, 4.69) is 5.10 Å². The average Bonchev–Trinajstić information content (AvgIpc) is 2.75. The normalized spacial score (nSPS) is 14.2. The molecule has 4 rings (SSSR count). The molecule has 0 saturated carbocycles. The Morgan fingerprint density at radius 1 is 1.00 bits per heavy atom. The molecule has 1 aliphatic heterocycles. The van der Waals surface area contributed by atoms with Gasteiger partial charge in [0.2, 0.25) is 0 Å². The summed E-state index contributed by atoms with van der Waals surface area (Å²) in [5.41, 5.74) is 1.52. The van der Waals surface area contributed by atoms with Crippen LogP contribution in [0.5, 0.6) is 5.75 Å². The molecule has 0 radical (unpaired) electrons. The minimum absolute atomic E-state index is 0.0366. The molecule has 0 bridgehead atoms. The van der Waals surface area contributed by atoms with E-state index in [4.69, 9.17) is 4.74 Å². The van der Waals surface area contributed by atoms with E-state index < -0.39 is 0 Å². The van der Waals surface area contributed by atoms with Crippen molar-refractivity contribution in [3.8, 4) is 17.0 Å². The number of hydrogen-bond acceptors (Lipinski definition) is 4. The summed E-state index contributed by atoms with van der Waals surface area (Å²) in [6.07, 6.45) is 3.34. The van der Waals surface area contributed by atoms with Crippen molar-refractivity contribution in [2.24, 2.45) is 7.05 Å². The second kappa shape index (κ2) is 7.84. The molecule has 6 heteroatoms. The molecule has 1 saturated heterocycles. The highest BCUT2D eigenvalue weighted by Gasteiger charge is 2.17. The van der Waals surface area contributed by atoms with Gasteiger partial charge in [0.15, 0.2) is 6.61 Å². The van der Waals surface area contributed by atoms with Gasteiger partial charge in [-0.05, 0) is 49.6 Å². The van der Waals surface area contributed by atoms with Crippen molar-refractivity contribution >= 4 is 16.7 Å². The highest BCUT2D eigenvalue weighted by atomic mass is 16.5. The van der Waals surface area contributed by atoms with Crippen LogP contribution in [0.15, 0.2) is 53.3 Å². The molecule has 6 nitrogen and oxygen atoms in total. The van der Waals surface area contributed by atoms with Crippen molar-refractivity contribution in [1.29, 1.82) is 0 Å². The van der Waals surface area contributed by atoms with Gasteiger partial charge in [0.25, 0.3) is 11.5 Å². The van der Waals surface area contributed by atoms with Gasteiger partial charge in [0.1, 0.15) is 5.75 Å². The fourth-order valence-corrected chi connectivity index (χ4v) is 3.60. The highest BCUT2D eigenvalue weighted by Crippen LogP contribution is 2.26. The summed E-state index contributed by atoms with van der Waals surface area (Å²) < 4.78 is 7.04. The molecule has 1 aliphatic rings. The van der Waals surface area contributed by atoms with Crippen LogP contribution in [-0.4, -0.2) is 40.3 Å². The van der Waals surface area contributed by atoms with E-state index in [1.54, 1.807) is 7.05 Å². The Balaban J connectivity index is 1.52. The molecular weight excluding hydrogens is 354 g/mol. The van der Waals surface area contributed by atoms with Crippen LogP contribution in [0, 0.1) is 0 Å². The number of piperidine rings is 1. The summed E-state index contributed by atoms with van der Waals surface area (Å²) in [6.45, 7) is 1.71. The lowest BCUT2D eigenvalue weighted by molar-refractivity contribution is -0.134. The summed E-state index contributed by atoms with van der Waals surface area (Å²) in [6, 6.07) is 14.9. The van der Waals surface area contributed by atoms with E-state index in [1.807, 2.05) is 53.4 Å². The first-order valence-electron chi connectivity index (χ1n) is 9.60. The van der Waals surface area contributed by atoms with Gasteiger partial charge < -0.3 is 9.64 Å². The van der Waals surface area contributed by atoms with E-state index in [0.29, 0.717) is 11.1 Å². The van der Waals surface area contributed by atoms with E-state index in [1.165, 1.54) is 11.1 Å². The molecule has 144 valence electrons. The van der Waals surface area contributed by atoms with Gasteiger partial charge >= 0.3 is 0 Å². The summed E-state index contributed by atoms with van der Waals surface area (Å²) >= 11 is 0. The molecule has 1 fully saturated rings. The zero-order valence-electron chi connectivity index (χ0n) is 15.9. The molecular formula is C22H23N3O3. The number of fused-ring (bicyclic) bond motifs is 1. The Bertz CT molecular complexity index is 1050. The lowest BCUT2D eigenvalue weighted by Gasteiger charge is -2.26. The van der Waals surface area contributed by atoms with Crippen molar-refractivity contribution < 1.29 is 9.53 Å². The standard InChI is InChI=1S/C22H23N3O3/c1-24-22(27)19-8-4-3-7-18(19)21(23-24)16-9-11-17(12-10-16)28-15-20(26)25-13-5-2-6-14-25/h3-4,7-12H,2,5-6,13-15H2,1H3. The summed E-state index contributed by atoms with van der Waals surface area (Å²) in [4.78, 5) is 26.4. The molecule has 28 heavy (non-hydrogen) atoms. The summed E-state index contributed by atoms with van der Waals surface area (Å²) in [5.74, 6) is 0.678. The SMILES string of the molecule is Cn1nc(-c2ccc(OCC(=O)N3CCCCC3)cc2)c2ccccc2c1=O. The Hall–Kier alpha value is -3.15. The smallest absolute Gasteiger partial charge is 0.274 e. The van der Waals surface area contributed by atoms with Crippen LogP contribution in [0.1, 0.15) is 19.3 Å². The Morgan fingerprint density at radius 2 is 1.68 bits per heavy atom. The fourth-order valence-electron chi connectivity index (χ4n) is 3.60. The maximum atomic E-state index is 12.3. The summed E-state index contributed by atoms with van der Waals surface area (Å²) in [5, 5.41) is 5.90. The topological polar surface area (TPSA) is 64.4 Å². The number of likely N-dealkylation sites (tertiary alicyclic amines) is 1. The van der Waals surface area contributed by atoms with Crippen LogP contribution in [0.2, 0.25) is 0 Å². The zero-order chi connectivity index (χ0) is 19.5. The number of carbonyl (C=O) groups is 1. The lowest BCUT2D eigenvalue weighted by atomic mass is 10.1. The molecule has 2 aromatic carbocycles. The van der Waals surface area contributed by atoms with Crippen LogP contribution in [0.4, 0.5) is 0 Å². The molecule has 2 heterocycles. The quantitative estimate of drug-likeness (QED) is 0.701. The third-order valence-electron chi connectivity index (χ3n) is 5.16. The predicted molar refractivity (Wildman–Crippen MR) is 108 cm³/mol. The van der Waals surface area contributed by atoms with Crippen LogP contribution >= 0.6 is 0 Å². The monoisotopic (exact) mass is 377 g/mol. The average molecular weight is 377 g/mol. The summed E-state index contributed by atoms with van der Waals surface area (Å²) in [7, 11) is 1.65. The number of amides is 1. The second-order valence-corrected chi connectivity index (χ2v) is 7.08. The van der Waals surface area contributed by atoms with Gasteiger partial charge in [0, 0.05) is 31.1 Å². The van der Waals surface area contributed by atoms with E-state index in [0.717, 1.165) is 42.6 Å². The predicted octanol–water partition coefficient (Wildman–Crippen LogP) is 2.99. The number of benzene rings is 2. The number of ether oxygens (including phenoxy) is 1. The largest absolute Gasteiger partial charge is 0.484 e. The highest BCUT2D eigenvalue weighted by molar-refractivity contribution is 5.93. The van der Waals surface area contributed by atoms with Gasteiger partial charge in [-0.1, -0.05) is 18.2 Å². The Labute approximate surface area is 163 Å². The second-order valence-electron chi connectivity index (χ2n) is 7.08. The number of aromatic nitrogens is 2. The first-order valence-corrected chi connectivity index (χ1v) is 9.60. The molecule has 1 aromatic heterocycles. The number of nitrogens with zero attached hydrogens (tertiary/aromatic N) is 3. The van der Waals surface area contributed by atoms with Crippen LogP contribution < -0.4 is 10.3 Å². The van der Waals surface area contributed by atoms with Crippen molar-refractivity contribution in [3.05, 3.63) is 58.9 Å². The van der Waals surface area contributed by atoms with Crippen LogP contribution in [0.3, 0.4) is 0 Å². The molecule has 0 spiro atoms.